The molecule has 0 rings (SSSR count). The van der Waals surface area contributed by atoms with Crippen molar-refractivity contribution in [3.63, 3.8) is 0 Å². The third-order valence-corrected chi connectivity index (χ3v) is 7.94. The Balaban J connectivity index is 3.66. The zero-order valence-corrected chi connectivity index (χ0v) is 25.8. The Morgan fingerprint density at radius 1 is 0.707 bits per heavy atom. The average Bonchev–Trinajstić information content (AvgIpc) is 2.98. The molecule has 11 heteroatoms. The van der Waals surface area contributed by atoms with Gasteiger partial charge in [-0.05, 0) is 44.9 Å². The summed E-state index contributed by atoms with van der Waals surface area (Å²) in [4.78, 5) is 23.7. The molecule has 9 nitrogen and oxygen atoms in total. The Morgan fingerprint density at radius 3 is 1.71 bits per heavy atom. The van der Waals surface area contributed by atoms with Gasteiger partial charge in [-0.3, -0.25) is 9.59 Å². The van der Waals surface area contributed by atoms with E-state index >= 15 is 0 Å². The second-order valence-corrected chi connectivity index (χ2v) is 11.8. The van der Waals surface area contributed by atoms with Gasteiger partial charge >= 0.3 is 0 Å². The van der Waals surface area contributed by atoms with Gasteiger partial charge < -0.3 is 36.2 Å². The average molecular weight is 615 g/mol. The van der Waals surface area contributed by atoms with Crippen LogP contribution in [0, 0.1) is 0 Å². The molecular weight excluding hydrogens is 564 g/mol. The molecule has 0 saturated heterocycles. The van der Waals surface area contributed by atoms with Crippen LogP contribution in [0.25, 0.3) is 0 Å². The molecule has 0 heterocycles. The Labute approximate surface area is 253 Å². The smallest absolute Gasteiger partial charge is 0.251 e. The molecule has 2 amide bonds. The van der Waals surface area contributed by atoms with Gasteiger partial charge in [0.25, 0.3) is 5.91 Å². The molecular formula is C30H50N2O7S2. The number of hydrogen-bond donors (Lipinski definition) is 7. The summed E-state index contributed by atoms with van der Waals surface area (Å²) in [5.41, 5.74) is 0. The van der Waals surface area contributed by atoms with Gasteiger partial charge in [-0.1, -0.05) is 89.3 Å². The van der Waals surface area contributed by atoms with Crippen LogP contribution in [0.1, 0.15) is 58.3 Å². The van der Waals surface area contributed by atoms with Gasteiger partial charge in [0.15, 0.2) is 6.10 Å². The van der Waals surface area contributed by atoms with E-state index in [9.17, 15) is 30.0 Å². The van der Waals surface area contributed by atoms with Crippen molar-refractivity contribution in [2.45, 2.75) is 82.7 Å². The van der Waals surface area contributed by atoms with Gasteiger partial charge in [0, 0.05) is 31.0 Å². The number of unbranched alkanes of at least 4 members (excludes halogenated alkanes) is 1. The topological polar surface area (TPSA) is 159 Å². The first kappa shape index (κ1) is 39.1. The minimum absolute atomic E-state index is 0.0243. The lowest BCUT2D eigenvalue weighted by atomic mass is 10.0. The second kappa shape index (κ2) is 28.3. The van der Waals surface area contributed by atoms with Crippen molar-refractivity contribution in [2.75, 3.05) is 31.2 Å². The second-order valence-electron chi connectivity index (χ2n) is 9.06. The van der Waals surface area contributed by atoms with Gasteiger partial charge in [0.1, 0.15) is 18.3 Å². The van der Waals surface area contributed by atoms with Crippen molar-refractivity contribution in [1.82, 2.24) is 10.6 Å². The number of carbonyl (C=O) groups is 2. The maximum atomic E-state index is 11.9. The Hall–Kier alpha value is -1.86. The van der Waals surface area contributed by atoms with Crippen LogP contribution >= 0.6 is 21.6 Å². The third kappa shape index (κ3) is 23.4. The van der Waals surface area contributed by atoms with Crippen LogP contribution in [0.2, 0.25) is 0 Å². The van der Waals surface area contributed by atoms with Gasteiger partial charge in [-0.15, -0.1) is 0 Å². The van der Waals surface area contributed by atoms with Crippen LogP contribution in [-0.4, -0.2) is 93.0 Å². The van der Waals surface area contributed by atoms with Crippen molar-refractivity contribution >= 4 is 33.4 Å². The fourth-order valence-corrected chi connectivity index (χ4v) is 5.00. The monoisotopic (exact) mass is 614 g/mol. The summed E-state index contributed by atoms with van der Waals surface area (Å²) in [5.74, 6) is 0.369. The van der Waals surface area contributed by atoms with Crippen molar-refractivity contribution in [3.05, 3.63) is 60.8 Å². The fraction of sp³-hybridized carbons (Fsp3) is 0.600. The summed E-state index contributed by atoms with van der Waals surface area (Å²) < 4.78 is 0. The molecule has 41 heavy (non-hydrogen) atoms. The summed E-state index contributed by atoms with van der Waals surface area (Å²) >= 11 is 0. The molecule has 0 spiro atoms. The van der Waals surface area contributed by atoms with Crippen LogP contribution in [0.3, 0.4) is 0 Å². The first-order valence-electron chi connectivity index (χ1n) is 14.2. The molecule has 0 aromatic heterocycles. The van der Waals surface area contributed by atoms with Gasteiger partial charge in [0.2, 0.25) is 5.91 Å². The van der Waals surface area contributed by atoms with E-state index in [4.69, 9.17) is 5.11 Å². The first-order valence-corrected chi connectivity index (χ1v) is 16.7. The van der Waals surface area contributed by atoms with Gasteiger partial charge in [-0.25, -0.2) is 0 Å². The standard InChI is InChI=1S/C30H50N2O7S2/c1-2-3-4-5-6-7-8-9-10-11-12-13-14-15-16-17-18-19-26(35)31-20-22-40-41-23-21-32-30(39)29(38)28(37)27(36)25(34)24-33/h3-4,6-7,9-10,12-13,15-16,25,27-29,33-34,36-38H,2,5,8,11,14,17-24H2,1H3,(H,31,35)(H,32,39)/t25-,27-,28+,29-/m1/s1. The lowest BCUT2D eigenvalue weighted by Gasteiger charge is -2.24. The Morgan fingerprint density at radius 2 is 1.20 bits per heavy atom. The SMILES string of the molecule is CCC=CCC=CCC=CCC=CCC=CCCCC(=O)NCCSSCCNC(=O)[C@H](O)[C@@H](O)[C@H](O)[C@H](O)CO. The lowest BCUT2D eigenvalue weighted by Crippen LogP contribution is -2.51. The summed E-state index contributed by atoms with van der Waals surface area (Å²) in [7, 11) is 3.02. The number of rotatable bonds is 25. The number of amides is 2. The van der Waals surface area contributed by atoms with Gasteiger partial charge in [0.05, 0.1) is 6.61 Å². The van der Waals surface area contributed by atoms with E-state index < -0.39 is 36.9 Å². The zero-order chi connectivity index (χ0) is 30.6. The maximum Gasteiger partial charge on any atom is 0.251 e. The summed E-state index contributed by atoms with van der Waals surface area (Å²) in [5, 5.41) is 52.3. The van der Waals surface area contributed by atoms with E-state index in [1.807, 2.05) is 0 Å². The van der Waals surface area contributed by atoms with Crippen molar-refractivity contribution < 1.29 is 35.1 Å². The number of carbonyl (C=O) groups excluding carboxylic acids is 2. The predicted octanol–water partition coefficient (Wildman–Crippen LogP) is 2.96. The van der Waals surface area contributed by atoms with Crippen LogP contribution in [0.4, 0.5) is 0 Å². The molecule has 7 N–H and O–H groups in total. The highest BCUT2D eigenvalue weighted by molar-refractivity contribution is 8.76. The third-order valence-electron chi connectivity index (χ3n) is 5.53. The molecule has 0 aromatic carbocycles. The van der Waals surface area contributed by atoms with E-state index in [0.717, 1.165) is 44.9 Å². The van der Waals surface area contributed by atoms with Crippen LogP contribution in [-0.2, 0) is 9.59 Å². The number of nitrogens with one attached hydrogen (secondary N) is 2. The highest BCUT2D eigenvalue weighted by Crippen LogP contribution is 2.19. The molecule has 0 aromatic rings. The number of aliphatic hydroxyl groups is 5. The minimum atomic E-state index is -1.93. The molecule has 4 atom stereocenters. The van der Waals surface area contributed by atoms with Crippen molar-refractivity contribution in [3.8, 4) is 0 Å². The van der Waals surface area contributed by atoms with E-state index in [0.29, 0.717) is 24.5 Å². The van der Waals surface area contributed by atoms with Gasteiger partial charge in [-0.2, -0.15) is 0 Å². The molecule has 234 valence electrons. The van der Waals surface area contributed by atoms with Crippen LogP contribution in [0.15, 0.2) is 60.8 Å². The normalized spacial score (nSPS) is 15.4. The van der Waals surface area contributed by atoms with E-state index in [1.165, 1.54) is 21.6 Å². The molecule has 0 fully saturated rings. The number of allylic oxidation sites excluding steroid dienone is 10. The highest BCUT2D eigenvalue weighted by Gasteiger charge is 2.33. The molecule has 0 saturated carbocycles. The van der Waals surface area contributed by atoms with Crippen molar-refractivity contribution in [1.29, 1.82) is 0 Å². The minimum Gasteiger partial charge on any atom is -0.394 e. The molecule has 0 aliphatic rings. The molecule has 0 radical (unpaired) electrons. The van der Waals surface area contributed by atoms with E-state index in [-0.39, 0.29) is 12.5 Å². The molecule has 0 aliphatic heterocycles. The Bertz CT molecular complexity index is 819. The highest BCUT2D eigenvalue weighted by atomic mass is 33.1. The lowest BCUT2D eigenvalue weighted by molar-refractivity contribution is -0.148. The molecule has 0 bridgehead atoms. The molecule has 0 aliphatic carbocycles. The number of aliphatic hydroxyl groups excluding tert-OH is 5. The van der Waals surface area contributed by atoms with Crippen molar-refractivity contribution in [2.24, 2.45) is 0 Å². The fourth-order valence-electron chi connectivity index (χ4n) is 3.19. The predicted molar refractivity (Wildman–Crippen MR) is 170 cm³/mol. The summed E-state index contributed by atoms with van der Waals surface area (Å²) in [6, 6.07) is 0. The van der Waals surface area contributed by atoms with Crippen LogP contribution < -0.4 is 10.6 Å². The maximum absolute atomic E-state index is 11.9. The first-order chi connectivity index (χ1) is 19.8. The van der Waals surface area contributed by atoms with Crippen LogP contribution in [0.5, 0.6) is 0 Å². The summed E-state index contributed by atoms with van der Waals surface area (Å²) in [6.07, 6.45) is 21.3. The Kier molecular flexibility index (Phi) is 27.0. The molecule has 0 unspecified atom stereocenters. The number of hydrogen-bond acceptors (Lipinski definition) is 9. The zero-order valence-electron chi connectivity index (χ0n) is 24.1. The summed E-state index contributed by atoms with van der Waals surface area (Å²) in [6.45, 7) is 2.09. The quantitative estimate of drug-likeness (QED) is 0.0466. The van der Waals surface area contributed by atoms with E-state index in [2.05, 4.69) is 78.3 Å². The largest absolute Gasteiger partial charge is 0.394 e. The van der Waals surface area contributed by atoms with E-state index in [1.54, 1.807) is 0 Å².